The number of pyridine rings is 1. The van der Waals surface area contributed by atoms with Crippen LogP contribution in [0.15, 0.2) is 158 Å². The Hall–Kier alpha value is -6.06. The van der Waals surface area contributed by atoms with Gasteiger partial charge in [-0.1, -0.05) is 128 Å². The van der Waals surface area contributed by atoms with E-state index >= 15 is 0 Å². The number of imidazole rings is 1. The summed E-state index contributed by atoms with van der Waals surface area (Å²) >= 11 is 0. The minimum atomic E-state index is 0.852. The first-order valence-electron chi connectivity index (χ1n) is 16.2. The van der Waals surface area contributed by atoms with Crippen molar-refractivity contribution in [2.45, 2.75) is 13.3 Å². The number of rotatable bonds is 5. The Bertz CT molecular complexity index is 2540. The van der Waals surface area contributed by atoms with Crippen molar-refractivity contribution in [2.24, 2.45) is 0 Å². The molecule has 0 aliphatic carbocycles. The number of para-hydroxylation sites is 2. The third-order valence-corrected chi connectivity index (χ3v) is 9.46. The second kappa shape index (κ2) is 11.1. The van der Waals surface area contributed by atoms with Crippen LogP contribution in [0.2, 0.25) is 0 Å². The van der Waals surface area contributed by atoms with Crippen molar-refractivity contribution >= 4 is 43.4 Å². The highest BCUT2D eigenvalue weighted by Crippen LogP contribution is 2.46. The molecule has 0 spiro atoms. The molecule has 222 valence electrons. The van der Waals surface area contributed by atoms with Crippen LogP contribution >= 0.6 is 0 Å². The predicted molar refractivity (Wildman–Crippen MR) is 197 cm³/mol. The van der Waals surface area contributed by atoms with Gasteiger partial charge in [0.05, 0.1) is 16.7 Å². The fourth-order valence-corrected chi connectivity index (χ4v) is 7.37. The van der Waals surface area contributed by atoms with Gasteiger partial charge in [-0.15, -0.1) is 0 Å². The molecule has 0 radical (unpaired) electrons. The van der Waals surface area contributed by atoms with Crippen LogP contribution in [0, 0.1) is 0 Å². The van der Waals surface area contributed by atoms with E-state index in [1.807, 2.05) is 18.5 Å². The van der Waals surface area contributed by atoms with Crippen LogP contribution in [0.1, 0.15) is 12.7 Å². The summed E-state index contributed by atoms with van der Waals surface area (Å²) < 4.78 is 2.34. The van der Waals surface area contributed by atoms with Crippen LogP contribution in [0.5, 0.6) is 0 Å². The smallest absolute Gasteiger partial charge is 0.114 e. The number of hydrogen-bond donors (Lipinski definition) is 0. The Morgan fingerprint density at radius 2 is 1.09 bits per heavy atom. The van der Waals surface area contributed by atoms with Gasteiger partial charge in [-0.3, -0.25) is 9.55 Å². The molecular formula is C44H31N3. The quantitative estimate of drug-likeness (QED) is 0.184. The summed E-state index contributed by atoms with van der Waals surface area (Å²) in [5, 5.41) is 7.44. The molecule has 3 heteroatoms. The first-order valence-corrected chi connectivity index (χ1v) is 16.2. The van der Waals surface area contributed by atoms with E-state index in [1.165, 1.54) is 54.6 Å². The number of aryl methyl sites for hydroxylation is 1. The average Bonchev–Trinajstić information content (AvgIpc) is 3.52. The summed E-state index contributed by atoms with van der Waals surface area (Å²) in [6.07, 6.45) is 4.59. The molecule has 9 rings (SSSR count). The zero-order valence-corrected chi connectivity index (χ0v) is 26.1. The Balaban J connectivity index is 1.31. The Morgan fingerprint density at radius 1 is 0.489 bits per heavy atom. The van der Waals surface area contributed by atoms with Gasteiger partial charge in [0.1, 0.15) is 5.82 Å². The topological polar surface area (TPSA) is 30.7 Å². The van der Waals surface area contributed by atoms with Crippen molar-refractivity contribution < 1.29 is 0 Å². The summed E-state index contributed by atoms with van der Waals surface area (Å²) in [6.45, 7) is 2.18. The number of fused-ring (bicyclic) bond motifs is 4. The molecule has 0 fully saturated rings. The van der Waals surface area contributed by atoms with Gasteiger partial charge in [-0.2, -0.15) is 0 Å². The van der Waals surface area contributed by atoms with E-state index in [-0.39, 0.29) is 0 Å². The maximum atomic E-state index is 5.00. The molecule has 0 aliphatic heterocycles. The molecule has 0 atom stereocenters. The van der Waals surface area contributed by atoms with E-state index in [0.717, 1.165) is 40.1 Å². The van der Waals surface area contributed by atoms with E-state index < -0.39 is 0 Å². The maximum Gasteiger partial charge on any atom is 0.114 e. The zero-order valence-electron chi connectivity index (χ0n) is 26.1. The van der Waals surface area contributed by atoms with Crippen molar-refractivity contribution in [2.75, 3.05) is 0 Å². The minimum absolute atomic E-state index is 0.852. The molecule has 47 heavy (non-hydrogen) atoms. The van der Waals surface area contributed by atoms with Gasteiger partial charge in [-0.05, 0) is 84.6 Å². The van der Waals surface area contributed by atoms with Gasteiger partial charge in [-0.25, -0.2) is 4.98 Å². The molecule has 0 saturated heterocycles. The molecule has 0 N–H and O–H groups in total. The summed E-state index contributed by atoms with van der Waals surface area (Å²) in [5.41, 5.74) is 10.6. The van der Waals surface area contributed by atoms with E-state index in [1.54, 1.807) is 0 Å². The number of nitrogens with zero attached hydrogens (tertiary/aromatic N) is 3. The molecule has 0 unspecified atom stereocenters. The van der Waals surface area contributed by atoms with Gasteiger partial charge >= 0.3 is 0 Å². The average molecular weight is 602 g/mol. The molecule has 0 saturated carbocycles. The molecule has 2 heterocycles. The standard InChI is InChI=1S/C44H31N3/c1-2-42-46-39-19-9-10-20-41(39)47(42)40-26-25-38(32-13-3-4-14-33(32)40)44-36-17-7-5-15-34(36)43(35-16-6-8-18-37(35)44)30-23-21-29(22-24-30)31-12-11-27-45-28-31/h3-28H,2H2,1H3. The third kappa shape index (κ3) is 4.35. The predicted octanol–water partition coefficient (Wildman–Crippen LogP) is 11.4. The SMILES string of the molecule is CCc1nc2ccccc2n1-c1ccc(-c2c3ccccc3c(-c3ccc(-c4cccnc4)cc3)c3ccccc23)c2ccccc12. The van der Waals surface area contributed by atoms with Crippen LogP contribution in [0.25, 0.3) is 82.4 Å². The van der Waals surface area contributed by atoms with Gasteiger partial charge in [0.25, 0.3) is 0 Å². The Morgan fingerprint density at radius 3 is 1.74 bits per heavy atom. The maximum absolute atomic E-state index is 5.00. The molecule has 0 amide bonds. The van der Waals surface area contributed by atoms with Crippen molar-refractivity contribution in [1.82, 2.24) is 14.5 Å². The van der Waals surface area contributed by atoms with E-state index in [9.17, 15) is 0 Å². The highest BCUT2D eigenvalue weighted by Gasteiger charge is 2.20. The molecular weight excluding hydrogens is 571 g/mol. The molecule has 7 aromatic carbocycles. The summed E-state index contributed by atoms with van der Waals surface area (Å²) in [6, 6.07) is 52.7. The molecule has 3 nitrogen and oxygen atoms in total. The monoisotopic (exact) mass is 601 g/mol. The van der Waals surface area contributed by atoms with Crippen molar-refractivity contribution in [3.05, 3.63) is 164 Å². The van der Waals surface area contributed by atoms with Gasteiger partial charge < -0.3 is 0 Å². The van der Waals surface area contributed by atoms with Gasteiger partial charge in [0.15, 0.2) is 0 Å². The molecule has 0 bridgehead atoms. The highest BCUT2D eigenvalue weighted by atomic mass is 15.1. The highest BCUT2D eigenvalue weighted by molar-refractivity contribution is 6.23. The molecule has 2 aromatic heterocycles. The van der Waals surface area contributed by atoms with E-state index in [0.29, 0.717) is 0 Å². The fraction of sp³-hybridized carbons (Fsp3) is 0.0455. The molecule has 0 aliphatic rings. The van der Waals surface area contributed by atoms with Crippen molar-refractivity contribution in [3.8, 4) is 39.1 Å². The largest absolute Gasteiger partial charge is 0.296 e. The second-order valence-electron chi connectivity index (χ2n) is 12.0. The number of aromatic nitrogens is 3. The lowest BCUT2D eigenvalue weighted by molar-refractivity contribution is 0.913. The van der Waals surface area contributed by atoms with Crippen LogP contribution < -0.4 is 0 Å². The van der Waals surface area contributed by atoms with Crippen LogP contribution in [-0.2, 0) is 6.42 Å². The summed E-state index contributed by atoms with van der Waals surface area (Å²) in [7, 11) is 0. The van der Waals surface area contributed by atoms with Crippen LogP contribution in [-0.4, -0.2) is 14.5 Å². The summed E-state index contributed by atoms with van der Waals surface area (Å²) in [4.78, 5) is 9.32. The van der Waals surface area contributed by atoms with E-state index in [4.69, 9.17) is 4.98 Å². The second-order valence-corrected chi connectivity index (χ2v) is 12.0. The lowest BCUT2D eigenvalue weighted by Crippen LogP contribution is -2.01. The summed E-state index contributed by atoms with van der Waals surface area (Å²) in [5.74, 6) is 1.07. The van der Waals surface area contributed by atoms with Gasteiger partial charge in [0.2, 0.25) is 0 Å². The lowest BCUT2D eigenvalue weighted by atomic mass is 9.84. The minimum Gasteiger partial charge on any atom is -0.296 e. The normalized spacial score (nSPS) is 11.6. The molecule has 9 aromatic rings. The van der Waals surface area contributed by atoms with Crippen LogP contribution in [0.4, 0.5) is 0 Å². The Kier molecular flexibility index (Phi) is 6.43. The first-order chi connectivity index (χ1) is 23.3. The third-order valence-electron chi connectivity index (χ3n) is 9.46. The Labute approximate surface area is 273 Å². The lowest BCUT2D eigenvalue weighted by Gasteiger charge is -2.20. The van der Waals surface area contributed by atoms with Crippen molar-refractivity contribution in [3.63, 3.8) is 0 Å². The zero-order chi connectivity index (χ0) is 31.3. The number of hydrogen-bond acceptors (Lipinski definition) is 2. The first kappa shape index (κ1) is 27.3. The van der Waals surface area contributed by atoms with Gasteiger partial charge in [0, 0.05) is 24.2 Å². The van der Waals surface area contributed by atoms with Crippen LogP contribution in [0.3, 0.4) is 0 Å². The fourth-order valence-electron chi connectivity index (χ4n) is 7.37. The number of benzene rings is 7. The van der Waals surface area contributed by atoms with Crippen molar-refractivity contribution in [1.29, 1.82) is 0 Å². The van der Waals surface area contributed by atoms with E-state index in [2.05, 4.69) is 156 Å².